The zero-order valence-corrected chi connectivity index (χ0v) is 19.8. The average molecular weight is 470 g/mol. The molecule has 1 aromatic heterocycles. The predicted molar refractivity (Wildman–Crippen MR) is 134 cm³/mol. The van der Waals surface area contributed by atoms with Crippen LogP contribution in [-0.2, 0) is 6.61 Å². The lowest BCUT2D eigenvalue weighted by molar-refractivity contribution is 0.0725. The lowest BCUT2D eigenvalue weighted by Crippen LogP contribution is -2.30. The smallest absolute Gasteiger partial charge is 0.290 e. The van der Waals surface area contributed by atoms with Crippen molar-refractivity contribution in [2.24, 2.45) is 0 Å². The summed E-state index contributed by atoms with van der Waals surface area (Å²) in [5.41, 5.74) is 2.44. The van der Waals surface area contributed by atoms with Crippen molar-refractivity contribution in [3.8, 4) is 11.5 Å². The van der Waals surface area contributed by atoms with Crippen molar-refractivity contribution in [2.75, 3.05) is 13.7 Å². The summed E-state index contributed by atoms with van der Waals surface area (Å²) in [7, 11) is 1.58. The van der Waals surface area contributed by atoms with Crippen LogP contribution in [-0.4, -0.2) is 24.5 Å². The summed E-state index contributed by atoms with van der Waals surface area (Å²) in [5, 5.41) is 0.469. The van der Waals surface area contributed by atoms with Crippen molar-refractivity contribution in [1.82, 2.24) is 4.90 Å². The van der Waals surface area contributed by atoms with Gasteiger partial charge in [-0.15, -0.1) is 0 Å². The first-order valence-electron chi connectivity index (χ1n) is 11.8. The van der Waals surface area contributed by atoms with Crippen LogP contribution in [0.3, 0.4) is 0 Å². The Morgan fingerprint density at radius 1 is 0.943 bits per heavy atom. The Balaban J connectivity index is 1.57. The van der Waals surface area contributed by atoms with E-state index < -0.39 is 6.04 Å². The SMILES string of the molecule is CCCCN1C(=O)c2oc3ccccc3c(=O)c2[C@@H]1c1ccc(OCc2ccccc2)c(OC)c1. The number of rotatable bonds is 8. The Morgan fingerprint density at radius 2 is 1.71 bits per heavy atom. The van der Waals surface area contributed by atoms with E-state index in [9.17, 15) is 9.59 Å². The molecule has 35 heavy (non-hydrogen) atoms. The summed E-state index contributed by atoms with van der Waals surface area (Å²) >= 11 is 0. The molecular weight excluding hydrogens is 442 g/mol. The number of benzene rings is 3. The summed E-state index contributed by atoms with van der Waals surface area (Å²) in [6, 6.07) is 22.0. The fourth-order valence-electron chi connectivity index (χ4n) is 4.58. The first kappa shape index (κ1) is 22.7. The molecule has 3 aromatic carbocycles. The highest BCUT2D eigenvalue weighted by atomic mass is 16.5. The number of carbonyl (C=O) groups is 1. The van der Waals surface area contributed by atoms with E-state index in [1.807, 2.05) is 48.5 Å². The Hall–Kier alpha value is -4.06. The topological polar surface area (TPSA) is 69.0 Å². The normalized spacial score (nSPS) is 14.9. The Kier molecular flexibility index (Phi) is 6.27. The van der Waals surface area contributed by atoms with Crippen LogP contribution in [0.1, 0.15) is 53.1 Å². The van der Waals surface area contributed by atoms with E-state index >= 15 is 0 Å². The monoisotopic (exact) mass is 469 g/mol. The molecule has 1 amide bonds. The highest BCUT2D eigenvalue weighted by molar-refractivity contribution is 5.99. The molecule has 0 saturated heterocycles. The van der Waals surface area contributed by atoms with Crippen LogP contribution in [0.25, 0.3) is 11.0 Å². The minimum atomic E-state index is -0.554. The molecule has 6 nitrogen and oxygen atoms in total. The molecule has 0 aliphatic carbocycles. The molecule has 1 aliphatic rings. The molecule has 2 heterocycles. The van der Waals surface area contributed by atoms with Crippen molar-refractivity contribution in [3.05, 3.63) is 105 Å². The maximum atomic E-state index is 13.6. The molecule has 0 spiro atoms. The standard InChI is InChI=1S/C29H27NO5/c1-3-4-16-30-26(25-27(31)21-12-8-9-13-22(21)35-28(25)29(30)32)20-14-15-23(24(17-20)33-2)34-18-19-10-6-5-7-11-19/h5-15,17,26H,3-4,16,18H2,1-2H3/t26-/m0/s1. The molecule has 1 aliphatic heterocycles. The van der Waals surface area contributed by atoms with Crippen molar-refractivity contribution in [1.29, 1.82) is 0 Å². The number of methoxy groups -OCH3 is 1. The minimum absolute atomic E-state index is 0.123. The number of hydrogen-bond acceptors (Lipinski definition) is 5. The number of unbranched alkanes of at least 4 members (excludes halogenated alkanes) is 1. The number of ether oxygens (including phenoxy) is 2. The summed E-state index contributed by atoms with van der Waals surface area (Å²) < 4.78 is 17.6. The molecule has 5 rings (SSSR count). The number of fused-ring (bicyclic) bond motifs is 2. The van der Waals surface area contributed by atoms with Crippen LogP contribution in [0, 0.1) is 0 Å². The van der Waals surface area contributed by atoms with E-state index in [2.05, 4.69) is 6.92 Å². The van der Waals surface area contributed by atoms with E-state index in [0.29, 0.717) is 41.2 Å². The van der Waals surface area contributed by atoms with Gasteiger partial charge in [0, 0.05) is 6.54 Å². The van der Waals surface area contributed by atoms with Gasteiger partial charge in [0.05, 0.1) is 24.1 Å². The van der Waals surface area contributed by atoms with Gasteiger partial charge in [-0.1, -0.05) is 61.9 Å². The molecule has 0 fully saturated rings. The summed E-state index contributed by atoms with van der Waals surface area (Å²) in [6.07, 6.45) is 1.74. The van der Waals surface area contributed by atoms with E-state index in [-0.39, 0.29) is 17.1 Å². The molecule has 1 atom stereocenters. The van der Waals surface area contributed by atoms with Crippen molar-refractivity contribution in [2.45, 2.75) is 32.4 Å². The zero-order valence-electron chi connectivity index (χ0n) is 19.8. The van der Waals surface area contributed by atoms with Crippen LogP contribution < -0.4 is 14.9 Å². The van der Waals surface area contributed by atoms with Gasteiger partial charge in [0.25, 0.3) is 5.91 Å². The molecule has 4 aromatic rings. The van der Waals surface area contributed by atoms with Gasteiger partial charge in [0.2, 0.25) is 5.76 Å². The average Bonchev–Trinajstić information content (AvgIpc) is 3.18. The van der Waals surface area contributed by atoms with Crippen molar-refractivity contribution in [3.63, 3.8) is 0 Å². The van der Waals surface area contributed by atoms with E-state index in [0.717, 1.165) is 24.0 Å². The molecule has 0 saturated carbocycles. The van der Waals surface area contributed by atoms with Gasteiger partial charge in [-0.2, -0.15) is 0 Å². The Morgan fingerprint density at radius 3 is 2.49 bits per heavy atom. The maximum absolute atomic E-state index is 13.6. The molecule has 6 heteroatoms. The largest absolute Gasteiger partial charge is 0.493 e. The van der Waals surface area contributed by atoms with E-state index in [1.165, 1.54) is 0 Å². The maximum Gasteiger partial charge on any atom is 0.290 e. The van der Waals surface area contributed by atoms with Crippen LogP contribution in [0.4, 0.5) is 0 Å². The number of nitrogens with zero attached hydrogens (tertiary/aromatic N) is 1. The van der Waals surface area contributed by atoms with Crippen LogP contribution in [0.5, 0.6) is 11.5 Å². The second-order valence-corrected chi connectivity index (χ2v) is 8.61. The van der Waals surface area contributed by atoms with E-state index in [1.54, 1.807) is 36.3 Å². The van der Waals surface area contributed by atoms with Gasteiger partial charge in [-0.3, -0.25) is 9.59 Å². The van der Waals surface area contributed by atoms with Gasteiger partial charge in [-0.25, -0.2) is 0 Å². The highest BCUT2D eigenvalue weighted by Crippen LogP contribution is 2.41. The third-order valence-corrected chi connectivity index (χ3v) is 6.37. The number of amides is 1. The summed E-state index contributed by atoms with van der Waals surface area (Å²) in [4.78, 5) is 28.7. The molecule has 0 bridgehead atoms. The number of hydrogen-bond donors (Lipinski definition) is 0. The third-order valence-electron chi connectivity index (χ3n) is 6.37. The van der Waals surface area contributed by atoms with Gasteiger partial charge >= 0.3 is 0 Å². The first-order valence-corrected chi connectivity index (χ1v) is 11.8. The van der Waals surface area contributed by atoms with Crippen LogP contribution in [0.15, 0.2) is 82.0 Å². The first-order chi connectivity index (χ1) is 17.1. The molecule has 178 valence electrons. The molecule has 0 radical (unpaired) electrons. The van der Waals surface area contributed by atoms with Gasteiger partial charge in [-0.05, 0) is 41.8 Å². The number of carbonyl (C=O) groups excluding carboxylic acids is 1. The minimum Gasteiger partial charge on any atom is -0.493 e. The fraction of sp³-hybridized carbons (Fsp3) is 0.241. The Labute approximate surface area is 203 Å². The Bertz CT molecular complexity index is 1430. The fourth-order valence-corrected chi connectivity index (χ4v) is 4.58. The lowest BCUT2D eigenvalue weighted by atomic mass is 9.98. The lowest BCUT2D eigenvalue weighted by Gasteiger charge is -2.25. The van der Waals surface area contributed by atoms with Gasteiger partial charge < -0.3 is 18.8 Å². The van der Waals surface area contributed by atoms with Crippen molar-refractivity contribution < 1.29 is 18.7 Å². The second-order valence-electron chi connectivity index (χ2n) is 8.61. The quantitative estimate of drug-likeness (QED) is 0.330. The third kappa shape index (κ3) is 4.16. The van der Waals surface area contributed by atoms with Crippen molar-refractivity contribution >= 4 is 16.9 Å². The molecule has 0 N–H and O–H groups in total. The second kappa shape index (κ2) is 9.66. The highest BCUT2D eigenvalue weighted by Gasteiger charge is 2.42. The molecular formula is C29H27NO5. The van der Waals surface area contributed by atoms with E-state index in [4.69, 9.17) is 13.9 Å². The molecule has 0 unspecified atom stereocenters. The summed E-state index contributed by atoms with van der Waals surface area (Å²) in [5.74, 6) is 0.998. The van der Waals surface area contributed by atoms with Crippen LogP contribution >= 0.6 is 0 Å². The van der Waals surface area contributed by atoms with Gasteiger partial charge in [0.15, 0.2) is 16.9 Å². The number of para-hydroxylation sites is 1. The van der Waals surface area contributed by atoms with Crippen LogP contribution in [0.2, 0.25) is 0 Å². The zero-order chi connectivity index (χ0) is 24.4. The predicted octanol–water partition coefficient (Wildman–Crippen LogP) is 5.73. The summed E-state index contributed by atoms with van der Waals surface area (Å²) in [6.45, 7) is 3.00. The van der Waals surface area contributed by atoms with Gasteiger partial charge in [0.1, 0.15) is 12.2 Å².